The topological polar surface area (TPSA) is 58.1 Å². The predicted molar refractivity (Wildman–Crippen MR) is 137 cm³/mol. The van der Waals surface area contributed by atoms with Gasteiger partial charge in [-0.1, -0.05) is 19.9 Å². The predicted octanol–water partition coefficient (Wildman–Crippen LogP) is 3.93. The third-order valence-electron chi connectivity index (χ3n) is 5.24. The summed E-state index contributed by atoms with van der Waals surface area (Å²) in [5, 5.41) is 7.06. The van der Waals surface area contributed by atoms with E-state index < -0.39 is 0 Å². The maximum Gasteiger partial charge on any atom is 0.191 e. The third kappa shape index (κ3) is 9.29. The molecule has 30 heavy (non-hydrogen) atoms. The fourth-order valence-corrected chi connectivity index (χ4v) is 3.81. The number of likely N-dealkylation sites (tertiary alicyclic amines) is 1. The summed E-state index contributed by atoms with van der Waals surface area (Å²) in [4.78, 5) is 6.97. The molecule has 0 amide bonds. The molecule has 2 N–H and O–H groups in total. The van der Waals surface area contributed by atoms with Crippen molar-refractivity contribution in [1.82, 2.24) is 15.5 Å². The van der Waals surface area contributed by atoms with Gasteiger partial charge in [-0.25, -0.2) is 0 Å². The van der Waals surface area contributed by atoms with Crippen molar-refractivity contribution in [3.8, 4) is 11.5 Å². The monoisotopic (exact) mass is 532 g/mol. The lowest BCUT2D eigenvalue weighted by atomic mass is 10.0. The third-order valence-corrected chi connectivity index (χ3v) is 5.24. The highest BCUT2D eigenvalue weighted by Gasteiger charge is 2.20. The first-order valence-corrected chi connectivity index (χ1v) is 11.0. The highest BCUT2D eigenvalue weighted by molar-refractivity contribution is 14.0. The standard InChI is InChI=1S/C23H40N4O2.HI/c1-6-29-22-16-19(9-10-21(22)28-5)8-7-13-25-23(24-4)26-20-11-14-27(15-12-20)17-18(2)3;/h9-10,16,18,20H,6-8,11-15,17H2,1-5H3,(H2,24,25,26);1H. The first-order chi connectivity index (χ1) is 14.0. The molecule has 172 valence electrons. The van der Waals surface area contributed by atoms with Gasteiger partial charge in [-0.15, -0.1) is 24.0 Å². The van der Waals surface area contributed by atoms with E-state index in [1.807, 2.05) is 20.0 Å². The van der Waals surface area contributed by atoms with E-state index in [1.165, 1.54) is 38.0 Å². The Morgan fingerprint density at radius 1 is 1.23 bits per heavy atom. The first kappa shape index (κ1) is 26.8. The van der Waals surface area contributed by atoms with E-state index in [0.29, 0.717) is 12.6 Å². The van der Waals surface area contributed by atoms with Crippen molar-refractivity contribution in [3.63, 3.8) is 0 Å². The number of hydrogen-bond donors (Lipinski definition) is 2. The van der Waals surface area contributed by atoms with Gasteiger partial charge in [-0.2, -0.15) is 0 Å². The number of hydrogen-bond acceptors (Lipinski definition) is 4. The van der Waals surface area contributed by atoms with Crippen LogP contribution < -0.4 is 20.1 Å². The van der Waals surface area contributed by atoms with Crippen molar-refractivity contribution in [1.29, 1.82) is 0 Å². The summed E-state index contributed by atoms with van der Waals surface area (Å²) in [5.41, 5.74) is 1.26. The maximum atomic E-state index is 5.67. The van der Waals surface area contributed by atoms with Crippen molar-refractivity contribution in [2.45, 2.75) is 52.5 Å². The smallest absolute Gasteiger partial charge is 0.191 e. The number of ether oxygens (including phenoxy) is 2. The van der Waals surface area contributed by atoms with Crippen LogP contribution in [0.3, 0.4) is 0 Å². The zero-order valence-electron chi connectivity index (χ0n) is 19.4. The summed E-state index contributed by atoms with van der Waals surface area (Å²) < 4.78 is 11.0. The molecular formula is C23H41IN4O2. The molecule has 2 rings (SSSR count). The normalized spacial score (nSPS) is 15.6. The Kier molecular flexibility index (Phi) is 13.2. The average molecular weight is 533 g/mol. The molecule has 0 bridgehead atoms. The molecule has 7 heteroatoms. The molecule has 0 saturated carbocycles. The number of aryl methyl sites for hydroxylation is 1. The zero-order valence-corrected chi connectivity index (χ0v) is 21.7. The van der Waals surface area contributed by atoms with Crippen LogP contribution in [0, 0.1) is 5.92 Å². The minimum absolute atomic E-state index is 0. The zero-order chi connectivity index (χ0) is 21.1. The summed E-state index contributed by atoms with van der Waals surface area (Å²) in [7, 11) is 3.52. The SMILES string of the molecule is CCOc1cc(CCCNC(=NC)NC2CCN(CC(C)C)CC2)ccc1OC.I. The van der Waals surface area contributed by atoms with Crippen molar-refractivity contribution in [2.24, 2.45) is 10.9 Å². The molecule has 0 spiro atoms. The number of methoxy groups -OCH3 is 1. The second-order valence-corrected chi connectivity index (χ2v) is 8.13. The molecule has 0 atom stereocenters. The number of nitrogens with one attached hydrogen (secondary N) is 2. The lowest BCUT2D eigenvalue weighted by Gasteiger charge is -2.34. The number of guanidine groups is 1. The number of nitrogens with zero attached hydrogens (tertiary/aromatic N) is 2. The first-order valence-electron chi connectivity index (χ1n) is 11.0. The molecule has 0 radical (unpaired) electrons. The van der Waals surface area contributed by atoms with Gasteiger partial charge in [-0.3, -0.25) is 4.99 Å². The van der Waals surface area contributed by atoms with Crippen LogP contribution in [0.2, 0.25) is 0 Å². The van der Waals surface area contributed by atoms with E-state index in [4.69, 9.17) is 9.47 Å². The molecule has 1 aromatic carbocycles. The van der Waals surface area contributed by atoms with Crippen molar-refractivity contribution < 1.29 is 9.47 Å². The van der Waals surface area contributed by atoms with Crippen LogP contribution >= 0.6 is 24.0 Å². The number of benzene rings is 1. The minimum Gasteiger partial charge on any atom is -0.493 e. The van der Waals surface area contributed by atoms with Crippen LogP contribution in [0.15, 0.2) is 23.2 Å². The molecule has 0 aliphatic carbocycles. The number of aliphatic imine (C=N–C) groups is 1. The van der Waals surface area contributed by atoms with Gasteiger partial charge in [0.25, 0.3) is 0 Å². The van der Waals surface area contributed by atoms with Gasteiger partial charge in [0.05, 0.1) is 13.7 Å². The fourth-order valence-electron chi connectivity index (χ4n) is 3.81. The van der Waals surface area contributed by atoms with E-state index in [0.717, 1.165) is 42.8 Å². The van der Waals surface area contributed by atoms with E-state index in [1.54, 1.807) is 7.11 Å². The summed E-state index contributed by atoms with van der Waals surface area (Å²) in [6.45, 7) is 11.7. The van der Waals surface area contributed by atoms with Gasteiger partial charge in [0, 0.05) is 39.3 Å². The second kappa shape index (κ2) is 14.7. The largest absolute Gasteiger partial charge is 0.493 e. The van der Waals surface area contributed by atoms with Crippen LogP contribution in [0.1, 0.15) is 45.6 Å². The van der Waals surface area contributed by atoms with Crippen molar-refractivity contribution in [2.75, 3.05) is 46.9 Å². The summed E-state index contributed by atoms with van der Waals surface area (Å²) >= 11 is 0. The van der Waals surface area contributed by atoms with Crippen LogP contribution in [-0.2, 0) is 6.42 Å². The lowest BCUT2D eigenvalue weighted by molar-refractivity contribution is 0.187. The number of rotatable bonds is 10. The molecular weight excluding hydrogens is 491 g/mol. The molecule has 1 fully saturated rings. The van der Waals surface area contributed by atoms with Gasteiger partial charge >= 0.3 is 0 Å². The minimum atomic E-state index is 0. The quantitative estimate of drug-likeness (QED) is 0.207. The number of halogens is 1. The summed E-state index contributed by atoms with van der Waals surface area (Å²) in [5.74, 6) is 3.26. The van der Waals surface area contributed by atoms with Crippen molar-refractivity contribution >= 4 is 29.9 Å². The molecule has 1 heterocycles. The highest BCUT2D eigenvalue weighted by atomic mass is 127. The molecule has 6 nitrogen and oxygen atoms in total. The lowest BCUT2D eigenvalue weighted by Crippen LogP contribution is -2.49. The van der Waals surface area contributed by atoms with Crippen molar-refractivity contribution in [3.05, 3.63) is 23.8 Å². The molecule has 0 aromatic heterocycles. The second-order valence-electron chi connectivity index (χ2n) is 8.13. The molecule has 1 aliphatic heterocycles. The van der Waals surface area contributed by atoms with Gasteiger partial charge < -0.3 is 25.0 Å². The number of piperidine rings is 1. The molecule has 1 aromatic rings. The highest BCUT2D eigenvalue weighted by Crippen LogP contribution is 2.28. The van der Waals surface area contributed by atoms with E-state index in [-0.39, 0.29) is 24.0 Å². The van der Waals surface area contributed by atoms with Gasteiger partial charge in [0.1, 0.15) is 0 Å². The molecule has 1 saturated heterocycles. The maximum absolute atomic E-state index is 5.67. The van der Waals surface area contributed by atoms with Crippen LogP contribution in [0.25, 0.3) is 0 Å². The van der Waals surface area contributed by atoms with E-state index in [9.17, 15) is 0 Å². The summed E-state index contributed by atoms with van der Waals surface area (Å²) in [6, 6.07) is 6.69. The van der Waals surface area contributed by atoms with E-state index >= 15 is 0 Å². The Labute approximate surface area is 200 Å². The van der Waals surface area contributed by atoms with Crippen LogP contribution in [0.4, 0.5) is 0 Å². The van der Waals surface area contributed by atoms with Gasteiger partial charge in [-0.05, 0) is 56.2 Å². The average Bonchev–Trinajstić information content (AvgIpc) is 2.71. The Hall–Kier alpha value is -1.22. The Morgan fingerprint density at radius 3 is 2.57 bits per heavy atom. The van der Waals surface area contributed by atoms with Crippen LogP contribution in [0.5, 0.6) is 11.5 Å². The van der Waals surface area contributed by atoms with Crippen LogP contribution in [-0.4, -0.2) is 63.8 Å². The Balaban J connectivity index is 0.00000450. The fraction of sp³-hybridized carbons (Fsp3) is 0.696. The Morgan fingerprint density at radius 2 is 1.97 bits per heavy atom. The van der Waals surface area contributed by atoms with Gasteiger partial charge in [0.15, 0.2) is 17.5 Å². The molecule has 1 aliphatic rings. The molecule has 0 unspecified atom stereocenters. The Bertz CT molecular complexity index is 632. The van der Waals surface area contributed by atoms with Gasteiger partial charge in [0.2, 0.25) is 0 Å². The van der Waals surface area contributed by atoms with E-state index in [2.05, 4.69) is 46.5 Å². The summed E-state index contributed by atoms with van der Waals surface area (Å²) in [6.07, 6.45) is 4.38.